The van der Waals surface area contributed by atoms with E-state index in [9.17, 15) is 9.59 Å². The Kier molecular flexibility index (Phi) is 3.57. The van der Waals surface area contributed by atoms with Gasteiger partial charge >= 0.3 is 0 Å². The molecule has 0 spiro atoms. The van der Waals surface area contributed by atoms with Crippen molar-refractivity contribution in [2.75, 3.05) is 12.3 Å². The number of hydrogen-bond donors (Lipinski definition) is 2. The molecular weight excluding hydrogens is 266 g/mol. The fourth-order valence-corrected chi connectivity index (χ4v) is 2.78. The second-order valence-electron chi connectivity index (χ2n) is 6.01. The molecule has 1 atom stereocenters. The minimum absolute atomic E-state index is 0.00415. The summed E-state index contributed by atoms with van der Waals surface area (Å²) in [5, 5.41) is 3.00. The highest BCUT2D eigenvalue weighted by atomic mass is 16.2. The van der Waals surface area contributed by atoms with Crippen LogP contribution in [0.2, 0.25) is 0 Å². The largest absolute Gasteiger partial charge is 0.399 e. The molecule has 5 nitrogen and oxygen atoms in total. The van der Waals surface area contributed by atoms with E-state index >= 15 is 0 Å². The Bertz CT molecular complexity index is 581. The summed E-state index contributed by atoms with van der Waals surface area (Å²) in [6, 6.07) is 5.28. The van der Waals surface area contributed by atoms with Crippen molar-refractivity contribution in [2.24, 2.45) is 0 Å². The highest BCUT2D eigenvalue weighted by molar-refractivity contribution is 5.98. The Morgan fingerprint density at radius 2 is 2.05 bits per heavy atom. The molecule has 1 aliphatic carbocycles. The lowest BCUT2D eigenvalue weighted by atomic mass is 10.1. The van der Waals surface area contributed by atoms with Crippen LogP contribution >= 0.6 is 0 Å². The van der Waals surface area contributed by atoms with Gasteiger partial charge in [0.25, 0.3) is 5.91 Å². The van der Waals surface area contributed by atoms with Crippen molar-refractivity contribution in [3.8, 4) is 0 Å². The molecule has 2 aliphatic rings. The first-order valence-corrected chi connectivity index (χ1v) is 7.54. The lowest BCUT2D eigenvalue weighted by Crippen LogP contribution is -2.46. The number of hydrogen-bond acceptors (Lipinski definition) is 3. The van der Waals surface area contributed by atoms with E-state index in [1.54, 1.807) is 23.1 Å². The van der Waals surface area contributed by atoms with Crippen LogP contribution in [0.3, 0.4) is 0 Å². The molecule has 0 bridgehead atoms. The maximum atomic E-state index is 12.6. The van der Waals surface area contributed by atoms with Gasteiger partial charge in [-0.05, 0) is 56.4 Å². The number of carbonyl (C=O) groups excluding carboxylic acids is 2. The van der Waals surface area contributed by atoms with Crippen LogP contribution in [-0.4, -0.2) is 35.3 Å². The van der Waals surface area contributed by atoms with E-state index in [0.717, 1.165) is 31.2 Å². The zero-order valence-electron chi connectivity index (χ0n) is 12.3. The van der Waals surface area contributed by atoms with Crippen LogP contribution in [0.1, 0.15) is 41.6 Å². The number of aryl methyl sites for hydroxylation is 1. The van der Waals surface area contributed by atoms with Gasteiger partial charge in [0, 0.05) is 23.8 Å². The molecule has 21 heavy (non-hydrogen) atoms. The van der Waals surface area contributed by atoms with E-state index in [0.29, 0.717) is 23.8 Å². The minimum Gasteiger partial charge on any atom is -0.399 e. The van der Waals surface area contributed by atoms with Crippen molar-refractivity contribution in [3.63, 3.8) is 0 Å². The third-order valence-corrected chi connectivity index (χ3v) is 4.26. The van der Waals surface area contributed by atoms with Crippen LogP contribution < -0.4 is 11.1 Å². The molecule has 3 N–H and O–H groups in total. The Balaban J connectivity index is 1.75. The molecule has 1 unspecified atom stereocenters. The van der Waals surface area contributed by atoms with Crippen LogP contribution in [0.4, 0.5) is 5.69 Å². The summed E-state index contributed by atoms with van der Waals surface area (Å²) in [4.78, 5) is 26.6. The fourth-order valence-electron chi connectivity index (χ4n) is 2.78. The number of rotatable bonds is 3. The molecule has 3 rings (SSSR count). The molecule has 1 saturated heterocycles. The lowest BCUT2D eigenvalue weighted by molar-refractivity contribution is -0.125. The number of anilines is 1. The molecule has 0 radical (unpaired) electrons. The lowest BCUT2D eigenvalue weighted by Gasteiger charge is -2.24. The number of benzene rings is 1. The topological polar surface area (TPSA) is 75.4 Å². The maximum Gasteiger partial charge on any atom is 0.254 e. The third kappa shape index (κ3) is 2.86. The summed E-state index contributed by atoms with van der Waals surface area (Å²) < 4.78 is 0. The van der Waals surface area contributed by atoms with E-state index in [1.807, 2.05) is 6.92 Å². The van der Waals surface area contributed by atoms with Crippen molar-refractivity contribution in [3.05, 3.63) is 29.3 Å². The first kappa shape index (κ1) is 13.9. The van der Waals surface area contributed by atoms with E-state index in [1.165, 1.54) is 0 Å². The second-order valence-corrected chi connectivity index (χ2v) is 6.01. The summed E-state index contributed by atoms with van der Waals surface area (Å²) in [7, 11) is 0. The monoisotopic (exact) mass is 287 g/mol. The Labute approximate surface area is 124 Å². The van der Waals surface area contributed by atoms with Gasteiger partial charge in [0.15, 0.2) is 0 Å². The fraction of sp³-hybridized carbons (Fsp3) is 0.500. The SMILES string of the molecule is Cc1cc(C(=O)N2CCCC2C(=O)NC2CC2)ccc1N. The van der Waals surface area contributed by atoms with Crippen LogP contribution in [0, 0.1) is 6.92 Å². The van der Waals surface area contributed by atoms with Crippen LogP contribution in [0.5, 0.6) is 0 Å². The second kappa shape index (κ2) is 5.39. The quantitative estimate of drug-likeness (QED) is 0.826. The molecule has 1 aromatic carbocycles. The van der Waals surface area contributed by atoms with E-state index in [4.69, 9.17) is 5.73 Å². The predicted molar refractivity (Wildman–Crippen MR) is 80.8 cm³/mol. The molecule has 112 valence electrons. The third-order valence-electron chi connectivity index (χ3n) is 4.26. The summed E-state index contributed by atoms with van der Waals surface area (Å²) in [5.74, 6) is -0.0814. The van der Waals surface area contributed by atoms with E-state index in [-0.39, 0.29) is 17.9 Å². The molecule has 0 aromatic heterocycles. The average Bonchev–Trinajstić information content (AvgIpc) is 3.14. The zero-order chi connectivity index (χ0) is 15.0. The molecular formula is C16H21N3O2. The van der Waals surface area contributed by atoms with Crippen molar-refractivity contribution >= 4 is 17.5 Å². The Hall–Kier alpha value is -2.04. The molecule has 1 heterocycles. The Morgan fingerprint density at radius 1 is 1.29 bits per heavy atom. The number of nitrogens with one attached hydrogen (secondary N) is 1. The first-order chi connectivity index (χ1) is 10.1. The first-order valence-electron chi connectivity index (χ1n) is 7.54. The predicted octanol–water partition coefficient (Wildman–Crippen LogP) is 1.46. The van der Waals surface area contributed by atoms with Crippen molar-refractivity contribution in [2.45, 2.75) is 44.7 Å². The molecule has 1 aromatic rings. The van der Waals surface area contributed by atoms with Gasteiger partial charge in [0.05, 0.1) is 0 Å². The Morgan fingerprint density at radius 3 is 2.71 bits per heavy atom. The maximum absolute atomic E-state index is 12.6. The van der Waals surface area contributed by atoms with Gasteiger partial charge in [0.2, 0.25) is 5.91 Å². The molecule has 2 amide bonds. The number of carbonyl (C=O) groups is 2. The van der Waals surface area contributed by atoms with Crippen molar-refractivity contribution in [1.82, 2.24) is 10.2 Å². The summed E-state index contributed by atoms with van der Waals surface area (Å²) in [6.45, 7) is 2.53. The van der Waals surface area contributed by atoms with Crippen molar-refractivity contribution < 1.29 is 9.59 Å². The summed E-state index contributed by atoms with van der Waals surface area (Å²) >= 11 is 0. The number of nitrogen functional groups attached to an aromatic ring is 1. The average molecular weight is 287 g/mol. The molecule has 1 aliphatic heterocycles. The van der Waals surface area contributed by atoms with E-state index < -0.39 is 0 Å². The van der Waals surface area contributed by atoms with Crippen LogP contribution in [0.15, 0.2) is 18.2 Å². The highest BCUT2D eigenvalue weighted by Gasteiger charge is 2.36. The van der Waals surface area contributed by atoms with E-state index in [2.05, 4.69) is 5.32 Å². The van der Waals surface area contributed by atoms with Crippen LogP contribution in [0.25, 0.3) is 0 Å². The van der Waals surface area contributed by atoms with Gasteiger partial charge in [-0.25, -0.2) is 0 Å². The van der Waals surface area contributed by atoms with Crippen molar-refractivity contribution in [1.29, 1.82) is 0 Å². The van der Waals surface area contributed by atoms with Gasteiger partial charge in [-0.3, -0.25) is 9.59 Å². The van der Waals surface area contributed by atoms with Crippen LogP contribution in [-0.2, 0) is 4.79 Å². The van der Waals surface area contributed by atoms with Gasteiger partial charge in [-0.1, -0.05) is 0 Å². The number of amides is 2. The molecule has 2 fully saturated rings. The highest BCUT2D eigenvalue weighted by Crippen LogP contribution is 2.24. The molecule has 5 heteroatoms. The summed E-state index contributed by atoms with van der Waals surface area (Å²) in [5.41, 5.74) is 7.96. The standard InChI is InChI=1S/C16H21N3O2/c1-10-9-11(4-7-13(10)17)16(21)19-8-2-3-14(19)15(20)18-12-5-6-12/h4,7,9,12,14H,2-3,5-6,8,17H2,1H3,(H,18,20). The number of nitrogens with zero attached hydrogens (tertiary/aromatic N) is 1. The normalized spacial score (nSPS) is 21.4. The number of likely N-dealkylation sites (tertiary alicyclic amines) is 1. The van der Waals surface area contributed by atoms with Gasteiger partial charge in [-0.2, -0.15) is 0 Å². The van der Waals surface area contributed by atoms with Gasteiger partial charge < -0.3 is 16.0 Å². The van der Waals surface area contributed by atoms with Gasteiger partial charge in [0.1, 0.15) is 6.04 Å². The zero-order valence-corrected chi connectivity index (χ0v) is 12.3. The molecule has 1 saturated carbocycles. The minimum atomic E-state index is -0.323. The summed E-state index contributed by atoms with van der Waals surface area (Å²) in [6.07, 6.45) is 3.74. The smallest absolute Gasteiger partial charge is 0.254 e. The van der Waals surface area contributed by atoms with Gasteiger partial charge in [-0.15, -0.1) is 0 Å². The number of nitrogens with two attached hydrogens (primary N) is 1.